The van der Waals surface area contributed by atoms with Gasteiger partial charge in [-0.2, -0.15) is 0 Å². The van der Waals surface area contributed by atoms with Gasteiger partial charge in [0.15, 0.2) is 0 Å². The van der Waals surface area contributed by atoms with Crippen LogP contribution in [0, 0.1) is 0 Å². The van der Waals surface area contributed by atoms with Crippen molar-refractivity contribution in [3.05, 3.63) is 29.8 Å². The molecule has 5 heteroatoms. The number of nitrogens with one attached hydrogen (secondary N) is 1. The predicted octanol–water partition coefficient (Wildman–Crippen LogP) is 0.0999. The van der Waals surface area contributed by atoms with E-state index in [1.54, 1.807) is 43.3 Å². The number of hydrogen-bond donors (Lipinski definition) is 2. The number of aliphatic hydroxyl groups excluding tert-OH is 1. The number of amides is 1. The maximum atomic E-state index is 12.2. The molecule has 1 aromatic carbocycles. The molecule has 0 spiro atoms. The fourth-order valence-corrected chi connectivity index (χ4v) is 2.13. The number of benzene rings is 1. The van der Waals surface area contributed by atoms with Crippen LogP contribution < -0.4 is 10.1 Å². The molecular formula is C13H18N2O3. The van der Waals surface area contributed by atoms with Gasteiger partial charge in [-0.3, -0.25) is 4.79 Å². The van der Waals surface area contributed by atoms with Gasteiger partial charge >= 0.3 is 0 Å². The van der Waals surface area contributed by atoms with Crippen molar-refractivity contribution >= 4 is 5.91 Å². The molecule has 0 bridgehead atoms. The van der Waals surface area contributed by atoms with Crippen molar-refractivity contribution in [2.45, 2.75) is 12.1 Å². The first-order valence-corrected chi connectivity index (χ1v) is 5.93. The Morgan fingerprint density at radius 1 is 1.39 bits per heavy atom. The lowest BCUT2D eigenvalue weighted by Crippen LogP contribution is -2.44. The van der Waals surface area contributed by atoms with Crippen molar-refractivity contribution in [3.8, 4) is 5.75 Å². The van der Waals surface area contributed by atoms with E-state index in [2.05, 4.69) is 5.32 Å². The molecule has 5 nitrogen and oxygen atoms in total. The lowest BCUT2D eigenvalue weighted by atomic mass is 10.1. The zero-order chi connectivity index (χ0) is 13.1. The van der Waals surface area contributed by atoms with Crippen molar-refractivity contribution in [3.63, 3.8) is 0 Å². The lowest BCUT2D eigenvalue weighted by molar-refractivity contribution is 0.0581. The highest BCUT2D eigenvalue weighted by Gasteiger charge is 2.31. The summed E-state index contributed by atoms with van der Waals surface area (Å²) in [4.78, 5) is 13.8. The first-order chi connectivity index (χ1) is 8.63. The first-order valence-electron chi connectivity index (χ1n) is 5.93. The van der Waals surface area contributed by atoms with E-state index in [9.17, 15) is 9.90 Å². The Kier molecular flexibility index (Phi) is 3.84. The number of nitrogens with zero attached hydrogens (tertiary/aromatic N) is 1. The molecule has 1 aromatic rings. The molecule has 1 heterocycles. The zero-order valence-electron chi connectivity index (χ0n) is 10.6. The maximum absolute atomic E-state index is 12.2. The van der Waals surface area contributed by atoms with Crippen LogP contribution in [0.2, 0.25) is 0 Å². The third kappa shape index (κ3) is 2.47. The van der Waals surface area contributed by atoms with Crippen molar-refractivity contribution in [2.75, 3.05) is 27.2 Å². The summed E-state index contributed by atoms with van der Waals surface area (Å²) >= 11 is 0. The van der Waals surface area contributed by atoms with Gasteiger partial charge in [-0.05, 0) is 24.3 Å². The molecular weight excluding hydrogens is 232 g/mol. The number of rotatable bonds is 3. The summed E-state index contributed by atoms with van der Waals surface area (Å²) in [5.41, 5.74) is 0.595. The molecule has 0 radical (unpaired) electrons. The minimum Gasteiger partial charge on any atom is -0.497 e. The molecule has 0 saturated carbocycles. The first kappa shape index (κ1) is 12.9. The summed E-state index contributed by atoms with van der Waals surface area (Å²) in [6.45, 7) is 1.16. The second-order valence-corrected chi connectivity index (χ2v) is 4.44. The smallest absolute Gasteiger partial charge is 0.253 e. The fraction of sp³-hybridized carbons (Fsp3) is 0.462. The van der Waals surface area contributed by atoms with Gasteiger partial charge in [0.25, 0.3) is 5.91 Å². The van der Waals surface area contributed by atoms with Gasteiger partial charge in [0, 0.05) is 25.7 Å². The van der Waals surface area contributed by atoms with Crippen molar-refractivity contribution in [1.29, 1.82) is 0 Å². The van der Waals surface area contributed by atoms with E-state index in [0.717, 1.165) is 5.75 Å². The van der Waals surface area contributed by atoms with E-state index in [4.69, 9.17) is 4.74 Å². The molecule has 18 heavy (non-hydrogen) atoms. The number of ether oxygens (including phenoxy) is 1. The van der Waals surface area contributed by atoms with E-state index >= 15 is 0 Å². The minimum atomic E-state index is -0.503. The SMILES string of the molecule is COc1ccc(C(=O)N(C)[C@@H]2CNC[C@H]2O)cc1. The Morgan fingerprint density at radius 2 is 2.06 bits per heavy atom. The Balaban J connectivity index is 2.09. The standard InChI is InChI=1S/C13H18N2O3/c1-15(11-7-14-8-12(11)16)13(17)9-3-5-10(18-2)6-4-9/h3-6,11-12,14,16H,7-8H2,1-2H3/t11-,12-/m1/s1. The van der Waals surface area contributed by atoms with Gasteiger partial charge < -0.3 is 20.1 Å². The van der Waals surface area contributed by atoms with Crippen LogP contribution in [-0.2, 0) is 0 Å². The van der Waals surface area contributed by atoms with E-state index in [1.807, 2.05) is 0 Å². The molecule has 0 aromatic heterocycles. The quantitative estimate of drug-likeness (QED) is 0.798. The number of carbonyl (C=O) groups is 1. The summed E-state index contributed by atoms with van der Waals surface area (Å²) in [5, 5.41) is 12.8. The average molecular weight is 250 g/mol. The Labute approximate surface area is 106 Å². The molecule has 0 aliphatic carbocycles. The molecule has 1 aliphatic heterocycles. The molecule has 1 saturated heterocycles. The Bertz CT molecular complexity index is 419. The topological polar surface area (TPSA) is 61.8 Å². The number of carbonyl (C=O) groups excluding carboxylic acids is 1. The third-order valence-corrected chi connectivity index (χ3v) is 3.31. The number of methoxy groups -OCH3 is 1. The lowest BCUT2D eigenvalue weighted by Gasteiger charge is -2.26. The van der Waals surface area contributed by atoms with Crippen LogP contribution in [0.15, 0.2) is 24.3 Å². The average Bonchev–Trinajstić information content (AvgIpc) is 2.83. The summed E-state index contributed by atoms with van der Waals surface area (Å²) < 4.78 is 5.05. The van der Waals surface area contributed by atoms with Crippen LogP contribution in [0.3, 0.4) is 0 Å². The maximum Gasteiger partial charge on any atom is 0.253 e. The number of aliphatic hydroxyl groups is 1. The molecule has 98 valence electrons. The zero-order valence-corrected chi connectivity index (χ0v) is 10.6. The molecule has 2 N–H and O–H groups in total. The summed E-state index contributed by atoms with van der Waals surface area (Å²) in [5.74, 6) is 0.627. The van der Waals surface area contributed by atoms with E-state index in [-0.39, 0.29) is 11.9 Å². The second kappa shape index (κ2) is 5.37. The molecule has 2 rings (SSSR count). The van der Waals surface area contributed by atoms with Crippen LogP contribution in [0.25, 0.3) is 0 Å². The van der Waals surface area contributed by atoms with Crippen LogP contribution >= 0.6 is 0 Å². The molecule has 0 unspecified atom stereocenters. The van der Waals surface area contributed by atoms with Gasteiger partial charge in [-0.15, -0.1) is 0 Å². The van der Waals surface area contributed by atoms with Gasteiger partial charge in [-0.1, -0.05) is 0 Å². The Morgan fingerprint density at radius 3 is 2.56 bits per heavy atom. The van der Waals surface area contributed by atoms with Crippen molar-refractivity contribution in [1.82, 2.24) is 10.2 Å². The van der Waals surface area contributed by atoms with Gasteiger partial charge in [-0.25, -0.2) is 0 Å². The molecule has 2 atom stereocenters. The van der Waals surface area contributed by atoms with E-state index < -0.39 is 6.10 Å². The monoisotopic (exact) mass is 250 g/mol. The van der Waals surface area contributed by atoms with Gasteiger partial charge in [0.1, 0.15) is 5.75 Å². The Hall–Kier alpha value is -1.59. The highest BCUT2D eigenvalue weighted by atomic mass is 16.5. The van der Waals surface area contributed by atoms with E-state index in [1.165, 1.54) is 0 Å². The van der Waals surface area contributed by atoms with Crippen LogP contribution in [0.5, 0.6) is 5.75 Å². The third-order valence-electron chi connectivity index (χ3n) is 3.31. The summed E-state index contributed by atoms with van der Waals surface area (Å²) in [6.07, 6.45) is -0.503. The van der Waals surface area contributed by atoms with E-state index in [0.29, 0.717) is 18.7 Å². The van der Waals surface area contributed by atoms with Gasteiger partial charge in [0.05, 0.1) is 19.3 Å². The summed E-state index contributed by atoms with van der Waals surface area (Å²) in [7, 11) is 3.30. The fourth-order valence-electron chi connectivity index (χ4n) is 2.13. The minimum absolute atomic E-state index is 0.0922. The molecule has 1 aliphatic rings. The predicted molar refractivity (Wildman–Crippen MR) is 67.8 cm³/mol. The summed E-state index contributed by atoms with van der Waals surface area (Å²) in [6, 6.07) is 6.80. The van der Waals surface area contributed by atoms with Crippen LogP contribution in [-0.4, -0.2) is 55.3 Å². The second-order valence-electron chi connectivity index (χ2n) is 4.44. The highest BCUT2D eigenvalue weighted by Crippen LogP contribution is 2.15. The van der Waals surface area contributed by atoms with Gasteiger partial charge in [0.2, 0.25) is 0 Å². The normalized spacial score (nSPS) is 22.8. The van der Waals surface area contributed by atoms with Crippen molar-refractivity contribution in [2.24, 2.45) is 0 Å². The largest absolute Gasteiger partial charge is 0.497 e. The number of hydrogen-bond acceptors (Lipinski definition) is 4. The highest BCUT2D eigenvalue weighted by molar-refractivity contribution is 5.94. The molecule has 1 fully saturated rings. The van der Waals surface area contributed by atoms with Crippen molar-refractivity contribution < 1.29 is 14.6 Å². The molecule has 1 amide bonds. The number of β-amino-alcohol motifs (C(OH)–C–C–N with tert-alkyl or cyclic N) is 1. The number of likely N-dealkylation sites (N-methyl/N-ethyl adjacent to an activating group) is 1. The van der Waals surface area contributed by atoms with Crippen LogP contribution in [0.1, 0.15) is 10.4 Å². The van der Waals surface area contributed by atoms with Crippen LogP contribution in [0.4, 0.5) is 0 Å².